The van der Waals surface area contributed by atoms with Crippen molar-refractivity contribution in [2.75, 3.05) is 0 Å². The van der Waals surface area contributed by atoms with Gasteiger partial charge in [-0.3, -0.25) is 0 Å². The zero-order valence-electron chi connectivity index (χ0n) is 1.60. The van der Waals surface area contributed by atoms with E-state index in [1.807, 2.05) is 0 Å². The zero-order valence-corrected chi connectivity index (χ0v) is 3.26. The van der Waals surface area contributed by atoms with E-state index in [9.17, 15) is 0 Å². The average molecular weight is 217 g/mol. The first-order valence-electron chi connectivity index (χ1n) is 0.515. The van der Waals surface area contributed by atoms with E-state index < -0.39 is 0 Å². The molecular formula is LuN3. The van der Waals surface area contributed by atoms with E-state index in [0.717, 1.165) is 0 Å². The van der Waals surface area contributed by atoms with Crippen molar-refractivity contribution in [3.8, 4) is 0 Å². The van der Waals surface area contributed by atoms with Crippen molar-refractivity contribution in [1.29, 1.82) is 0 Å². The molecule has 0 unspecified atom stereocenters. The third-order valence-electron chi connectivity index (χ3n) is 0.0231. The molecule has 0 aromatic carbocycles. The molecule has 4 heteroatoms. The molecule has 0 amide bonds. The molecule has 3 nitrogen and oxygen atoms in total. The Kier molecular flexibility index (Phi) is 4.03. The van der Waals surface area contributed by atoms with Crippen LogP contribution in [0.2, 0.25) is 0 Å². The summed E-state index contributed by atoms with van der Waals surface area (Å²) in [5, 5.41) is 0. The van der Waals surface area contributed by atoms with E-state index in [2.05, 4.69) is 41.9 Å². The second kappa shape index (κ2) is 3.54. The van der Waals surface area contributed by atoms with Gasteiger partial charge in [0.05, 0.1) is 0 Å². The van der Waals surface area contributed by atoms with Gasteiger partial charge in [0.25, 0.3) is 0 Å². The van der Waals surface area contributed by atoms with Crippen LogP contribution in [0.4, 0.5) is 0 Å². The summed E-state index contributed by atoms with van der Waals surface area (Å²) in [4.78, 5) is 2.29. The second-order valence-corrected chi connectivity index (χ2v) is 0.472. The predicted molar refractivity (Wildman–Crippen MR) is 9.15 cm³/mol. The van der Waals surface area contributed by atoms with Crippen LogP contribution in [0, 0.1) is 35.3 Å². The monoisotopic (exact) mass is 217 g/mol. The summed E-state index contributed by atoms with van der Waals surface area (Å²) in [5.74, 6) is 0. The van der Waals surface area contributed by atoms with E-state index >= 15 is 0 Å². The van der Waals surface area contributed by atoms with Gasteiger partial charge in [-0.15, -0.1) is 0 Å². The fourth-order valence-electron chi connectivity index (χ4n) is 0. The summed E-state index contributed by atoms with van der Waals surface area (Å²) in [6.45, 7) is 0. The second-order valence-electron chi connectivity index (χ2n) is 0.141. The van der Waals surface area contributed by atoms with Gasteiger partial charge in [-0.05, 0) is 0 Å². The Morgan fingerprint density at radius 1 is 2.00 bits per heavy atom. The van der Waals surface area contributed by atoms with E-state index in [0.29, 0.717) is 0 Å². The van der Waals surface area contributed by atoms with Gasteiger partial charge >= 0.3 is 47.5 Å². The van der Waals surface area contributed by atoms with Gasteiger partial charge < -0.3 is 0 Å². The van der Waals surface area contributed by atoms with Gasteiger partial charge in [-0.25, -0.2) is 0 Å². The Balaban J connectivity index is 3.11. The Labute approximate surface area is 47.2 Å². The maximum atomic E-state index is 7.29. The van der Waals surface area contributed by atoms with Crippen LogP contribution >= 0.6 is 0 Å². The van der Waals surface area contributed by atoms with Crippen LogP contribution in [0.25, 0.3) is 10.4 Å². The molecule has 0 aliphatic carbocycles. The number of rotatable bonds is 0. The van der Waals surface area contributed by atoms with E-state index in [4.69, 9.17) is 5.53 Å². The topological polar surface area (TPSA) is 48.8 Å². The third kappa shape index (κ3) is 2.54. The molecule has 0 radical (unpaired) electrons. The Morgan fingerprint density at radius 2 is 2.25 bits per heavy atom. The Bertz CT molecular complexity index is 41.2. The predicted octanol–water partition coefficient (Wildman–Crippen LogP) is 0.761. The van der Waals surface area contributed by atoms with E-state index in [-0.39, 0.29) is 0 Å². The van der Waals surface area contributed by atoms with Crippen LogP contribution in [-0.4, -0.2) is 0 Å². The quantitative estimate of drug-likeness (QED) is 0.326. The van der Waals surface area contributed by atoms with Gasteiger partial charge in [0.1, 0.15) is 0 Å². The molecule has 0 heterocycles. The summed E-state index contributed by atoms with van der Waals surface area (Å²) < 4.78 is 2.75. The molecule has 0 aliphatic rings. The van der Waals surface area contributed by atoms with Crippen molar-refractivity contribution < 1.29 is 35.3 Å². The van der Waals surface area contributed by atoms with Crippen molar-refractivity contribution in [2.45, 2.75) is 0 Å². The number of nitrogens with zero attached hydrogens (tertiary/aromatic N) is 3. The standard InChI is InChI=1S/Lu.N3/c;1-3-2/q+1;-1. The first kappa shape index (κ1) is 4.54. The van der Waals surface area contributed by atoms with Crippen molar-refractivity contribution in [2.24, 2.45) is 1.71 Å². The normalized spacial score (nSPS) is 4.50. The van der Waals surface area contributed by atoms with Gasteiger partial charge in [0.15, 0.2) is 0 Å². The third-order valence-corrected chi connectivity index (χ3v) is 0.171. The van der Waals surface area contributed by atoms with Crippen LogP contribution in [-0.2, 0) is 0 Å². The molecule has 0 bridgehead atoms. The fraction of sp³-hybridized carbons (Fsp3) is 0. The zero-order chi connectivity index (χ0) is 3.41. The summed E-state index contributed by atoms with van der Waals surface area (Å²) in [7, 11) is 0. The first-order valence-corrected chi connectivity index (χ1v) is 1.26. The molecule has 0 aromatic rings. The summed E-state index contributed by atoms with van der Waals surface area (Å²) >= 11 is 2.34. The SMILES string of the molecule is [N-]=[N+]=[N][Lu]. The number of azide groups is 1. The molecule has 0 aliphatic heterocycles. The van der Waals surface area contributed by atoms with E-state index in [1.165, 1.54) is 0 Å². The molecule has 0 spiro atoms. The number of hydrogen-bond acceptors (Lipinski definition) is 1. The summed E-state index contributed by atoms with van der Waals surface area (Å²) in [5.41, 5.74) is 7.29. The van der Waals surface area contributed by atoms with Gasteiger partial charge in [0.2, 0.25) is 0 Å². The van der Waals surface area contributed by atoms with Crippen molar-refractivity contribution in [3.05, 3.63) is 10.4 Å². The van der Waals surface area contributed by atoms with Gasteiger partial charge in [0, 0.05) is 0 Å². The van der Waals surface area contributed by atoms with Crippen LogP contribution in [0.5, 0.6) is 0 Å². The summed E-state index contributed by atoms with van der Waals surface area (Å²) in [6.07, 6.45) is 0. The summed E-state index contributed by atoms with van der Waals surface area (Å²) in [6, 6.07) is 0. The Hall–Kier alpha value is 0.544. The molecule has 0 saturated carbocycles. The molecule has 0 aromatic heterocycles. The molecule has 0 saturated heterocycles. The number of hydrogen-bond donors (Lipinski definition) is 0. The molecular weight excluding hydrogens is 217 g/mol. The van der Waals surface area contributed by atoms with Gasteiger partial charge in [-0.1, -0.05) is 0 Å². The van der Waals surface area contributed by atoms with Gasteiger partial charge in [-0.2, -0.15) is 0 Å². The van der Waals surface area contributed by atoms with Crippen LogP contribution in [0.3, 0.4) is 0 Å². The van der Waals surface area contributed by atoms with E-state index in [1.54, 1.807) is 0 Å². The average Bonchev–Trinajstić information content (AvgIpc) is 1.37. The van der Waals surface area contributed by atoms with Crippen LogP contribution in [0.15, 0.2) is 1.71 Å². The molecule has 30 valence electrons. The Morgan fingerprint density at radius 3 is 2.25 bits per heavy atom. The maximum absolute atomic E-state index is 7.29. The molecule has 0 fully saturated rings. The van der Waals surface area contributed by atoms with Crippen molar-refractivity contribution >= 4 is 0 Å². The molecule has 0 rings (SSSR count). The molecule has 0 atom stereocenters. The first-order chi connectivity index (χ1) is 1.91. The van der Waals surface area contributed by atoms with Crippen LogP contribution < -0.4 is 0 Å². The minimum atomic E-state index is 2.29. The van der Waals surface area contributed by atoms with Crippen LogP contribution in [0.1, 0.15) is 0 Å². The van der Waals surface area contributed by atoms with Crippen molar-refractivity contribution in [3.63, 3.8) is 0 Å². The molecule has 4 heavy (non-hydrogen) atoms. The minimum absolute atomic E-state index is 2.29. The fourth-order valence-corrected chi connectivity index (χ4v) is 0. The molecule has 0 N–H and O–H groups in total. The van der Waals surface area contributed by atoms with Crippen molar-refractivity contribution in [1.82, 2.24) is 0 Å².